The van der Waals surface area contributed by atoms with E-state index in [1.165, 1.54) is 17.5 Å². The summed E-state index contributed by atoms with van der Waals surface area (Å²) in [5.41, 5.74) is 1.83. The van der Waals surface area contributed by atoms with Gasteiger partial charge in [-0.1, -0.05) is 60.7 Å². The van der Waals surface area contributed by atoms with Crippen LogP contribution in [0.25, 0.3) is 22.9 Å². The zero-order valence-electron chi connectivity index (χ0n) is 12.0. The highest BCUT2D eigenvalue weighted by molar-refractivity contribution is 5.85. The fourth-order valence-electron chi connectivity index (χ4n) is 2.28. The van der Waals surface area contributed by atoms with Gasteiger partial charge < -0.3 is 4.74 Å². The van der Waals surface area contributed by atoms with Gasteiger partial charge in [-0.2, -0.15) is 0 Å². The van der Waals surface area contributed by atoms with E-state index >= 15 is 0 Å². The average molecular weight is 314 g/mol. The molecule has 0 fully saturated rings. The quantitative estimate of drug-likeness (QED) is 0.546. The van der Waals surface area contributed by atoms with E-state index in [0.29, 0.717) is 0 Å². The Hall–Kier alpha value is -2.75. The Morgan fingerprint density at radius 1 is 0.696 bits per heavy atom. The summed E-state index contributed by atoms with van der Waals surface area (Å²) in [6, 6.07) is 19.9. The van der Waals surface area contributed by atoms with Crippen molar-refractivity contribution in [2.75, 3.05) is 0 Å². The molecule has 0 atom stereocenters. The third kappa shape index (κ3) is 4.13. The average Bonchev–Trinajstić information content (AvgIpc) is 2.52. The predicted octanol–water partition coefficient (Wildman–Crippen LogP) is 5.91. The maximum absolute atomic E-state index is 12.1. The minimum Gasteiger partial charge on any atom is -0.406 e. The van der Waals surface area contributed by atoms with Crippen LogP contribution in [0.2, 0.25) is 0 Å². The highest BCUT2D eigenvalue weighted by atomic mass is 19.4. The first-order valence-electron chi connectivity index (χ1n) is 7.02. The third-order valence-electron chi connectivity index (χ3n) is 3.36. The molecule has 0 amide bonds. The topological polar surface area (TPSA) is 9.23 Å². The first-order chi connectivity index (χ1) is 11.0. The zero-order valence-corrected chi connectivity index (χ0v) is 12.0. The Kier molecular flexibility index (Phi) is 4.06. The summed E-state index contributed by atoms with van der Waals surface area (Å²) in [5, 5.41) is 2.31. The highest BCUT2D eigenvalue weighted by Crippen LogP contribution is 2.23. The van der Waals surface area contributed by atoms with Gasteiger partial charge in [0.2, 0.25) is 0 Å². The van der Waals surface area contributed by atoms with Crippen LogP contribution in [-0.4, -0.2) is 6.36 Å². The maximum Gasteiger partial charge on any atom is 0.573 e. The first-order valence-corrected chi connectivity index (χ1v) is 7.02. The van der Waals surface area contributed by atoms with E-state index in [9.17, 15) is 13.2 Å². The Balaban J connectivity index is 1.76. The number of ether oxygens (including phenoxy) is 1. The standard InChI is InChI=1S/C19H13F3O/c20-19(21,22)23-18-11-8-14(9-12-18)5-6-15-7-10-16-3-1-2-4-17(16)13-15/h1-13H/b6-5-. The summed E-state index contributed by atoms with van der Waals surface area (Å²) in [6.45, 7) is 0. The van der Waals surface area contributed by atoms with E-state index in [2.05, 4.69) is 10.8 Å². The van der Waals surface area contributed by atoms with E-state index in [1.807, 2.05) is 48.6 Å². The fourth-order valence-corrected chi connectivity index (χ4v) is 2.28. The van der Waals surface area contributed by atoms with E-state index < -0.39 is 6.36 Å². The van der Waals surface area contributed by atoms with Crippen LogP contribution in [0.5, 0.6) is 5.75 Å². The monoisotopic (exact) mass is 314 g/mol. The van der Waals surface area contributed by atoms with Gasteiger partial charge in [-0.15, -0.1) is 13.2 Å². The van der Waals surface area contributed by atoms with E-state index in [1.54, 1.807) is 12.1 Å². The van der Waals surface area contributed by atoms with Gasteiger partial charge in [0.1, 0.15) is 5.75 Å². The Labute approximate surface area is 131 Å². The number of fused-ring (bicyclic) bond motifs is 1. The van der Waals surface area contributed by atoms with Crippen molar-refractivity contribution in [1.29, 1.82) is 0 Å². The molecule has 3 rings (SSSR count). The van der Waals surface area contributed by atoms with Gasteiger partial charge in [0.05, 0.1) is 0 Å². The molecule has 116 valence electrons. The normalized spacial score (nSPS) is 12.0. The molecular formula is C19H13F3O. The molecule has 0 aliphatic heterocycles. The molecule has 23 heavy (non-hydrogen) atoms. The van der Waals surface area contributed by atoms with Crippen LogP contribution in [0.3, 0.4) is 0 Å². The number of halogens is 3. The molecule has 1 nitrogen and oxygen atoms in total. The lowest BCUT2D eigenvalue weighted by atomic mass is 10.1. The molecule has 0 spiro atoms. The van der Waals surface area contributed by atoms with Crippen LogP contribution in [0, 0.1) is 0 Å². The minimum absolute atomic E-state index is 0.222. The van der Waals surface area contributed by atoms with Gasteiger partial charge in [0.15, 0.2) is 0 Å². The second kappa shape index (κ2) is 6.16. The highest BCUT2D eigenvalue weighted by Gasteiger charge is 2.30. The van der Waals surface area contributed by atoms with Crippen molar-refractivity contribution in [2.24, 2.45) is 0 Å². The molecule has 0 saturated carbocycles. The summed E-state index contributed by atoms with van der Waals surface area (Å²) in [6.07, 6.45) is -0.893. The van der Waals surface area contributed by atoms with E-state index in [0.717, 1.165) is 16.5 Å². The second-order valence-corrected chi connectivity index (χ2v) is 5.06. The molecule has 0 radical (unpaired) electrons. The summed E-state index contributed by atoms with van der Waals surface area (Å²) < 4.78 is 40.2. The summed E-state index contributed by atoms with van der Waals surface area (Å²) >= 11 is 0. The fraction of sp³-hybridized carbons (Fsp3) is 0.0526. The molecule has 0 N–H and O–H groups in total. The van der Waals surface area contributed by atoms with Crippen LogP contribution >= 0.6 is 0 Å². The zero-order chi connectivity index (χ0) is 16.3. The first kappa shape index (κ1) is 15.2. The number of alkyl halides is 3. The lowest BCUT2D eigenvalue weighted by Gasteiger charge is -2.08. The van der Waals surface area contributed by atoms with Gasteiger partial charge in [-0.3, -0.25) is 0 Å². The molecule has 0 bridgehead atoms. The third-order valence-corrected chi connectivity index (χ3v) is 3.36. The van der Waals surface area contributed by atoms with Crippen LogP contribution in [0.4, 0.5) is 13.2 Å². The molecule has 4 heteroatoms. The molecule has 0 unspecified atom stereocenters. The van der Waals surface area contributed by atoms with Crippen molar-refractivity contribution < 1.29 is 17.9 Å². The largest absolute Gasteiger partial charge is 0.573 e. The lowest BCUT2D eigenvalue weighted by molar-refractivity contribution is -0.274. The molecular weight excluding hydrogens is 301 g/mol. The van der Waals surface area contributed by atoms with Crippen LogP contribution in [-0.2, 0) is 0 Å². The summed E-state index contributed by atoms with van der Waals surface area (Å²) in [7, 11) is 0. The Bertz CT molecular complexity index is 833. The van der Waals surface area contributed by atoms with Gasteiger partial charge in [-0.25, -0.2) is 0 Å². The van der Waals surface area contributed by atoms with E-state index in [-0.39, 0.29) is 5.75 Å². The Morgan fingerprint density at radius 3 is 2.00 bits per heavy atom. The maximum atomic E-state index is 12.1. The molecule has 0 aromatic heterocycles. The number of hydrogen-bond acceptors (Lipinski definition) is 1. The van der Waals surface area contributed by atoms with Crippen molar-refractivity contribution in [1.82, 2.24) is 0 Å². The van der Waals surface area contributed by atoms with Crippen LogP contribution in [0.15, 0.2) is 66.7 Å². The Morgan fingerprint density at radius 2 is 1.30 bits per heavy atom. The molecule has 0 aliphatic rings. The summed E-state index contributed by atoms with van der Waals surface area (Å²) in [4.78, 5) is 0. The van der Waals surface area contributed by atoms with Crippen molar-refractivity contribution in [2.45, 2.75) is 6.36 Å². The van der Waals surface area contributed by atoms with Gasteiger partial charge in [0.25, 0.3) is 0 Å². The number of benzene rings is 3. The second-order valence-electron chi connectivity index (χ2n) is 5.06. The number of rotatable bonds is 3. The number of hydrogen-bond donors (Lipinski definition) is 0. The molecule has 0 aliphatic carbocycles. The lowest BCUT2D eigenvalue weighted by Crippen LogP contribution is -2.16. The molecule has 0 heterocycles. The SMILES string of the molecule is FC(F)(F)Oc1ccc(/C=C\c2ccc3ccccc3c2)cc1. The molecule has 0 saturated heterocycles. The van der Waals surface area contributed by atoms with E-state index in [4.69, 9.17) is 0 Å². The van der Waals surface area contributed by atoms with Gasteiger partial charge in [0, 0.05) is 0 Å². The van der Waals surface area contributed by atoms with Crippen molar-refractivity contribution in [3.63, 3.8) is 0 Å². The van der Waals surface area contributed by atoms with Crippen molar-refractivity contribution in [3.05, 3.63) is 77.9 Å². The van der Waals surface area contributed by atoms with Crippen molar-refractivity contribution in [3.8, 4) is 5.75 Å². The molecule has 3 aromatic carbocycles. The van der Waals surface area contributed by atoms with Gasteiger partial charge >= 0.3 is 6.36 Å². The smallest absolute Gasteiger partial charge is 0.406 e. The summed E-state index contributed by atoms with van der Waals surface area (Å²) in [5.74, 6) is -0.222. The molecule has 3 aromatic rings. The van der Waals surface area contributed by atoms with Gasteiger partial charge in [-0.05, 0) is 40.1 Å². The van der Waals surface area contributed by atoms with Crippen LogP contribution < -0.4 is 4.74 Å². The van der Waals surface area contributed by atoms with Crippen molar-refractivity contribution >= 4 is 22.9 Å². The van der Waals surface area contributed by atoms with Crippen LogP contribution in [0.1, 0.15) is 11.1 Å². The minimum atomic E-state index is -4.66. The predicted molar refractivity (Wildman–Crippen MR) is 86.0 cm³/mol.